The summed E-state index contributed by atoms with van der Waals surface area (Å²) in [5.74, 6) is 1.56. The van der Waals surface area contributed by atoms with Crippen molar-refractivity contribution < 1.29 is 18.0 Å². The fourth-order valence-corrected chi connectivity index (χ4v) is 5.28. The van der Waals surface area contributed by atoms with E-state index in [-0.39, 0.29) is 11.7 Å². The molecule has 7 heteroatoms. The molecule has 0 spiro atoms. The third-order valence-corrected chi connectivity index (χ3v) is 7.36. The minimum atomic E-state index is -4.43. The average molecular weight is 422 g/mol. The highest BCUT2D eigenvalue weighted by Gasteiger charge is 2.51. The summed E-state index contributed by atoms with van der Waals surface area (Å²) in [5, 5.41) is 5.43. The van der Waals surface area contributed by atoms with E-state index in [9.17, 15) is 18.0 Å². The molecule has 1 saturated carbocycles. The van der Waals surface area contributed by atoms with E-state index in [1.807, 2.05) is 0 Å². The first-order chi connectivity index (χ1) is 14.1. The van der Waals surface area contributed by atoms with Gasteiger partial charge in [0.15, 0.2) is 0 Å². The summed E-state index contributed by atoms with van der Waals surface area (Å²) in [5.41, 5.74) is 1.39. The predicted molar refractivity (Wildman–Crippen MR) is 111 cm³/mol. The van der Waals surface area contributed by atoms with Crippen LogP contribution in [0.25, 0.3) is 0 Å². The molecule has 1 aromatic rings. The molecule has 1 heterocycles. The fraction of sp³-hybridized carbons (Fsp3) is 0.609. The number of piperidine rings is 1. The van der Waals surface area contributed by atoms with Gasteiger partial charge in [0.05, 0.1) is 5.56 Å². The average Bonchev–Trinajstić information content (AvgIpc) is 2.69. The highest BCUT2D eigenvalue weighted by atomic mass is 19.4. The van der Waals surface area contributed by atoms with Gasteiger partial charge >= 0.3 is 12.2 Å². The number of carbonyl (C=O) groups excluding carboxylic acids is 1. The molecule has 2 atom stereocenters. The molecular formula is C23H30F3N3O. The maximum atomic E-state index is 12.8. The number of benzene rings is 1. The van der Waals surface area contributed by atoms with Crippen LogP contribution in [0.5, 0.6) is 0 Å². The van der Waals surface area contributed by atoms with E-state index in [4.69, 9.17) is 0 Å². The normalized spacial score (nSPS) is 26.5. The number of hydrogen-bond acceptors (Lipinski definition) is 2. The summed E-state index contributed by atoms with van der Waals surface area (Å²) >= 11 is 0. The lowest BCUT2D eigenvalue weighted by molar-refractivity contribution is -0.137. The van der Waals surface area contributed by atoms with Crippen LogP contribution in [-0.2, 0) is 6.18 Å². The number of allylic oxidation sites excluding steroid dienone is 1. The first kappa shape index (κ1) is 21.2. The van der Waals surface area contributed by atoms with Crippen LogP contribution in [0.4, 0.5) is 23.7 Å². The zero-order valence-corrected chi connectivity index (χ0v) is 17.6. The van der Waals surface area contributed by atoms with Crippen LogP contribution in [0.2, 0.25) is 0 Å². The monoisotopic (exact) mass is 421 g/mol. The number of hydrogen-bond donors (Lipinski definition) is 2. The number of alkyl halides is 3. The molecule has 1 aromatic carbocycles. The number of anilines is 1. The van der Waals surface area contributed by atoms with E-state index in [2.05, 4.69) is 35.5 Å². The van der Waals surface area contributed by atoms with E-state index in [1.165, 1.54) is 25.0 Å². The van der Waals surface area contributed by atoms with Crippen LogP contribution < -0.4 is 10.6 Å². The smallest absolute Gasteiger partial charge is 0.335 e. The Hall–Kier alpha value is -2.02. The van der Waals surface area contributed by atoms with Crippen molar-refractivity contribution in [3.05, 3.63) is 41.5 Å². The Labute approximate surface area is 175 Å². The quantitative estimate of drug-likeness (QED) is 0.650. The number of amides is 2. The van der Waals surface area contributed by atoms with Crippen LogP contribution in [0, 0.1) is 17.3 Å². The van der Waals surface area contributed by atoms with Crippen molar-refractivity contribution in [2.45, 2.75) is 51.7 Å². The van der Waals surface area contributed by atoms with Crippen molar-refractivity contribution in [1.29, 1.82) is 0 Å². The van der Waals surface area contributed by atoms with Crippen LogP contribution in [0.1, 0.15) is 45.1 Å². The molecule has 1 unspecified atom stereocenters. The van der Waals surface area contributed by atoms with Crippen molar-refractivity contribution in [3.63, 3.8) is 0 Å². The number of rotatable bonds is 4. The second kappa shape index (κ2) is 7.91. The van der Waals surface area contributed by atoms with Gasteiger partial charge < -0.3 is 10.6 Å². The Bertz CT molecular complexity index is 825. The molecule has 164 valence electrons. The first-order valence-corrected chi connectivity index (χ1v) is 10.8. The van der Waals surface area contributed by atoms with Crippen molar-refractivity contribution in [1.82, 2.24) is 10.2 Å². The van der Waals surface area contributed by atoms with Gasteiger partial charge in [-0.15, -0.1) is 0 Å². The van der Waals surface area contributed by atoms with Gasteiger partial charge in [-0.25, -0.2) is 4.79 Å². The lowest BCUT2D eigenvalue weighted by Gasteiger charge is -2.57. The molecule has 1 aliphatic heterocycles. The number of likely N-dealkylation sites (tertiary alicyclic amines) is 1. The zero-order valence-electron chi connectivity index (χ0n) is 17.6. The van der Waals surface area contributed by atoms with Crippen molar-refractivity contribution in [3.8, 4) is 0 Å². The molecule has 2 N–H and O–H groups in total. The van der Waals surface area contributed by atoms with E-state index in [0.717, 1.165) is 50.5 Å². The van der Waals surface area contributed by atoms with Crippen molar-refractivity contribution in [2.75, 3.05) is 25.0 Å². The molecule has 4 nitrogen and oxygen atoms in total. The fourth-order valence-electron chi connectivity index (χ4n) is 5.28. The summed E-state index contributed by atoms with van der Waals surface area (Å²) in [7, 11) is 0. The maximum absolute atomic E-state index is 12.8. The molecule has 2 fully saturated rings. The van der Waals surface area contributed by atoms with Gasteiger partial charge in [0, 0.05) is 31.4 Å². The Morgan fingerprint density at radius 2 is 1.97 bits per heavy atom. The lowest BCUT2D eigenvalue weighted by Crippen LogP contribution is -2.51. The van der Waals surface area contributed by atoms with E-state index in [0.29, 0.717) is 11.3 Å². The number of fused-ring (bicyclic) bond motifs is 1. The third kappa shape index (κ3) is 4.36. The molecule has 2 amide bonds. The topological polar surface area (TPSA) is 44.4 Å². The SMILES string of the molecule is CC1(C)C2C[C@@H]1CC=C2CN1CCC(NC(=O)Nc2cccc(C(F)(F)F)c2)CC1. The van der Waals surface area contributed by atoms with Crippen LogP contribution in [-0.4, -0.2) is 36.6 Å². The molecule has 2 bridgehead atoms. The standard InChI is InChI=1S/C23H30F3N3O/c1-22(2)16-7-6-15(20(22)13-16)14-29-10-8-18(9-11-29)27-21(30)28-19-5-3-4-17(12-19)23(24,25)26/h3-6,12,16,18,20H,7-11,13-14H2,1-2H3,(H2,27,28,30)/t16-,20?/m0/s1. The van der Waals surface area contributed by atoms with Gasteiger partial charge in [-0.3, -0.25) is 4.90 Å². The van der Waals surface area contributed by atoms with E-state index >= 15 is 0 Å². The van der Waals surface area contributed by atoms with Crippen molar-refractivity contribution >= 4 is 11.7 Å². The van der Waals surface area contributed by atoms with Gasteiger partial charge in [0.25, 0.3) is 0 Å². The first-order valence-electron chi connectivity index (χ1n) is 10.8. The maximum Gasteiger partial charge on any atom is 0.416 e. The third-order valence-electron chi connectivity index (χ3n) is 7.36. The molecule has 0 aromatic heterocycles. The van der Waals surface area contributed by atoms with E-state index in [1.54, 1.807) is 5.57 Å². The number of carbonyl (C=O) groups is 1. The largest absolute Gasteiger partial charge is 0.416 e. The summed E-state index contributed by atoms with van der Waals surface area (Å²) in [6, 6.07) is 4.28. The summed E-state index contributed by atoms with van der Waals surface area (Å²) in [4.78, 5) is 14.7. The Morgan fingerprint density at radius 1 is 1.23 bits per heavy atom. The van der Waals surface area contributed by atoms with Gasteiger partial charge in [-0.05, 0) is 61.1 Å². The van der Waals surface area contributed by atoms with Gasteiger partial charge in [-0.2, -0.15) is 13.2 Å². The number of nitrogens with zero attached hydrogens (tertiary/aromatic N) is 1. The highest BCUT2D eigenvalue weighted by Crippen LogP contribution is 2.59. The van der Waals surface area contributed by atoms with Crippen LogP contribution in [0.3, 0.4) is 0 Å². The molecular weight excluding hydrogens is 391 g/mol. The molecule has 3 aliphatic carbocycles. The summed E-state index contributed by atoms with van der Waals surface area (Å²) in [6.45, 7) is 7.63. The summed E-state index contributed by atoms with van der Waals surface area (Å²) in [6.07, 6.45) is 2.24. The van der Waals surface area contributed by atoms with Crippen LogP contribution in [0.15, 0.2) is 35.9 Å². The predicted octanol–water partition coefficient (Wildman–Crippen LogP) is 5.28. The van der Waals surface area contributed by atoms with Crippen LogP contribution >= 0.6 is 0 Å². The Balaban J connectivity index is 1.23. The van der Waals surface area contributed by atoms with Gasteiger partial charge in [-0.1, -0.05) is 31.6 Å². The number of nitrogens with one attached hydrogen (secondary N) is 2. The zero-order chi connectivity index (χ0) is 21.5. The van der Waals surface area contributed by atoms with E-state index < -0.39 is 17.8 Å². The minimum absolute atomic E-state index is 0.0388. The number of halogens is 3. The van der Waals surface area contributed by atoms with Crippen molar-refractivity contribution in [2.24, 2.45) is 17.3 Å². The van der Waals surface area contributed by atoms with Gasteiger partial charge in [0.1, 0.15) is 0 Å². The Morgan fingerprint density at radius 3 is 2.60 bits per heavy atom. The number of urea groups is 1. The second-order valence-corrected chi connectivity index (χ2v) is 9.55. The minimum Gasteiger partial charge on any atom is -0.335 e. The summed E-state index contributed by atoms with van der Waals surface area (Å²) < 4.78 is 38.4. The van der Waals surface area contributed by atoms with Gasteiger partial charge in [0.2, 0.25) is 0 Å². The highest BCUT2D eigenvalue weighted by molar-refractivity contribution is 5.89. The molecule has 4 aliphatic rings. The molecule has 0 radical (unpaired) electrons. The molecule has 5 rings (SSSR count). The molecule has 30 heavy (non-hydrogen) atoms. The second-order valence-electron chi connectivity index (χ2n) is 9.55. The Kier molecular flexibility index (Phi) is 5.60. The lowest BCUT2D eigenvalue weighted by atomic mass is 9.49. The molecule has 1 saturated heterocycles.